The molecule has 0 bridgehead atoms. The number of aliphatic hydroxyl groups is 1. The average molecular weight is 218 g/mol. The van der Waals surface area contributed by atoms with E-state index in [1.165, 1.54) is 6.20 Å². The Hall–Kier alpha value is -1.07. The molecule has 0 spiro atoms. The third-order valence-electron chi connectivity index (χ3n) is 1.59. The van der Waals surface area contributed by atoms with Gasteiger partial charge in [0.05, 0.1) is 18.3 Å². The summed E-state index contributed by atoms with van der Waals surface area (Å²) < 4.78 is 0. The van der Waals surface area contributed by atoms with Gasteiger partial charge < -0.3 is 15.5 Å². The van der Waals surface area contributed by atoms with Crippen molar-refractivity contribution >= 4 is 17.4 Å². The van der Waals surface area contributed by atoms with Crippen LogP contribution in [0.2, 0.25) is 5.28 Å². The van der Waals surface area contributed by atoms with E-state index < -0.39 is 5.54 Å². The molecule has 3 N–H and O–H groups in total. The van der Waals surface area contributed by atoms with Crippen LogP contribution in [0.1, 0.15) is 13.8 Å². The SMILES string of the molecule is CC(C)(CO)Nc1nc(Cl)ncc1O. The van der Waals surface area contributed by atoms with Crippen molar-refractivity contribution in [3.63, 3.8) is 0 Å². The van der Waals surface area contributed by atoms with Crippen LogP contribution < -0.4 is 5.32 Å². The van der Waals surface area contributed by atoms with E-state index in [4.69, 9.17) is 16.7 Å². The van der Waals surface area contributed by atoms with Gasteiger partial charge in [0.1, 0.15) is 0 Å². The lowest BCUT2D eigenvalue weighted by molar-refractivity contribution is 0.233. The third kappa shape index (κ3) is 2.71. The molecule has 78 valence electrons. The van der Waals surface area contributed by atoms with Crippen molar-refractivity contribution in [1.29, 1.82) is 0 Å². The zero-order chi connectivity index (χ0) is 10.8. The molecule has 0 amide bonds. The van der Waals surface area contributed by atoms with Gasteiger partial charge in [-0.05, 0) is 25.4 Å². The zero-order valence-electron chi connectivity index (χ0n) is 7.95. The normalized spacial score (nSPS) is 11.4. The summed E-state index contributed by atoms with van der Waals surface area (Å²) in [6, 6.07) is 0. The number of anilines is 1. The topological polar surface area (TPSA) is 78.3 Å². The molecule has 0 radical (unpaired) electrons. The molecule has 1 heterocycles. The number of hydrogen-bond acceptors (Lipinski definition) is 5. The van der Waals surface area contributed by atoms with Crippen molar-refractivity contribution in [2.24, 2.45) is 0 Å². The first-order valence-corrected chi connectivity index (χ1v) is 4.43. The van der Waals surface area contributed by atoms with Crippen LogP contribution in [0, 0.1) is 0 Å². The number of nitrogens with zero attached hydrogens (tertiary/aromatic N) is 2. The molecule has 0 aliphatic heterocycles. The van der Waals surface area contributed by atoms with Gasteiger partial charge in [-0.25, -0.2) is 4.98 Å². The van der Waals surface area contributed by atoms with Crippen molar-refractivity contribution in [1.82, 2.24) is 9.97 Å². The molecule has 0 saturated carbocycles. The predicted octanol–water partition coefficient (Wildman–Crippen LogP) is 1.02. The van der Waals surface area contributed by atoms with Gasteiger partial charge in [0.25, 0.3) is 0 Å². The highest BCUT2D eigenvalue weighted by molar-refractivity contribution is 6.28. The van der Waals surface area contributed by atoms with E-state index in [0.29, 0.717) is 0 Å². The molecule has 0 aliphatic rings. The highest BCUT2D eigenvalue weighted by atomic mass is 35.5. The number of halogens is 1. The van der Waals surface area contributed by atoms with Crippen LogP contribution in [0.15, 0.2) is 6.20 Å². The Morgan fingerprint density at radius 1 is 1.57 bits per heavy atom. The summed E-state index contributed by atoms with van der Waals surface area (Å²) >= 11 is 5.55. The van der Waals surface area contributed by atoms with Gasteiger partial charge in [0, 0.05) is 0 Å². The van der Waals surface area contributed by atoms with Gasteiger partial charge in [0.2, 0.25) is 5.28 Å². The molecule has 1 aromatic heterocycles. The molecule has 6 heteroatoms. The van der Waals surface area contributed by atoms with Crippen LogP contribution in [-0.4, -0.2) is 32.3 Å². The molecule has 0 fully saturated rings. The van der Waals surface area contributed by atoms with Gasteiger partial charge in [-0.15, -0.1) is 0 Å². The van der Waals surface area contributed by atoms with Crippen LogP contribution in [0.25, 0.3) is 0 Å². The Morgan fingerprint density at radius 3 is 2.79 bits per heavy atom. The van der Waals surface area contributed by atoms with Gasteiger partial charge in [-0.2, -0.15) is 4.98 Å². The number of aromatic nitrogens is 2. The molecular weight excluding hydrogens is 206 g/mol. The van der Waals surface area contributed by atoms with E-state index in [2.05, 4.69) is 15.3 Å². The van der Waals surface area contributed by atoms with Crippen molar-refractivity contribution in [3.8, 4) is 5.75 Å². The fourth-order valence-corrected chi connectivity index (χ4v) is 0.939. The summed E-state index contributed by atoms with van der Waals surface area (Å²) in [5.41, 5.74) is -0.574. The Labute approximate surface area is 86.8 Å². The lowest BCUT2D eigenvalue weighted by Crippen LogP contribution is -2.35. The minimum Gasteiger partial charge on any atom is -0.503 e. The molecule has 0 atom stereocenters. The molecule has 0 aromatic carbocycles. The average Bonchev–Trinajstić information content (AvgIpc) is 2.11. The van der Waals surface area contributed by atoms with Crippen LogP contribution in [0.5, 0.6) is 5.75 Å². The van der Waals surface area contributed by atoms with Crippen molar-refractivity contribution in [2.45, 2.75) is 19.4 Å². The lowest BCUT2D eigenvalue weighted by atomic mass is 10.1. The first kappa shape index (κ1) is 11.0. The number of nitrogens with one attached hydrogen (secondary N) is 1. The third-order valence-corrected chi connectivity index (χ3v) is 1.77. The minimum atomic E-state index is -0.574. The number of rotatable bonds is 3. The molecule has 0 unspecified atom stereocenters. The van der Waals surface area contributed by atoms with Crippen molar-refractivity contribution in [2.75, 3.05) is 11.9 Å². The summed E-state index contributed by atoms with van der Waals surface area (Å²) in [6.07, 6.45) is 1.20. The standard InChI is InChI=1S/C8H12ClN3O2/c1-8(2,4-13)12-6-5(14)3-10-7(9)11-6/h3,13-14H,4H2,1-2H3,(H,10,11,12). The van der Waals surface area contributed by atoms with Crippen molar-refractivity contribution < 1.29 is 10.2 Å². The largest absolute Gasteiger partial charge is 0.503 e. The van der Waals surface area contributed by atoms with Gasteiger partial charge in [-0.1, -0.05) is 0 Å². The molecule has 0 saturated heterocycles. The smallest absolute Gasteiger partial charge is 0.224 e. The number of aromatic hydroxyl groups is 1. The molecule has 1 rings (SSSR count). The van der Waals surface area contributed by atoms with E-state index in [0.717, 1.165) is 0 Å². The monoisotopic (exact) mass is 217 g/mol. The number of aliphatic hydroxyl groups excluding tert-OH is 1. The van der Waals surface area contributed by atoms with Crippen LogP contribution in [-0.2, 0) is 0 Å². The first-order chi connectivity index (χ1) is 6.44. The highest BCUT2D eigenvalue weighted by Crippen LogP contribution is 2.23. The molecule has 1 aromatic rings. The van der Waals surface area contributed by atoms with E-state index in [1.807, 2.05) is 0 Å². The fraction of sp³-hybridized carbons (Fsp3) is 0.500. The predicted molar refractivity (Wildman–Crippen MR) is 53.5 cm³/mol. The summed E-state index contributed by atoms with van der Waals surface area (Å²) in [6.45, 7) is 3.44. The summed E-state index contributed by atoms with van der Waals surface area (Å²) in [7, 11) is 0. The second kappa shape index (κ2) is 3.98. The van der Waals surface area contributed by atoms with E-state index in [-0.39, 0.29) is 23.5 Å². The minimum absolute atomic E-state index is 0.0408. The van der Waals surface area contributed by atoms with E-state index in [1.54, 1.807) is 13.8 Å². The summed E-state index contributed by atoms with van der Waals surface area (Å²) in [5.74, 6) is 0.111. The maximum absolute atomic E-state index is 9.37. The van der Waals surface area contributed by atoms with Crippen LogP contribution >= 0.6 is 11.6 Å². The van der Waals surface area contributed by atoms with Gasteiger partial charge >= 0.3 is 0 Å². The van der Waals surface area contributed by atoms with Gasteiger partial charge in [0.15, 0.2) is 11.6 Å². The Kier molecular flexibility index (Phi) is 3.13. The Balaban J connectivity index is 2.91. The summed E-state index contributed by atoms with van der Waals surface area (Å²) in [5, 5.41) is 21.2. The maximum atomic E-state index is 9.37. The molecule has 14 heavy (non-hydrogen) atoms. The van der Waals surface area contributed by atoms with Crippen molar-refractivity contribution in [3.05, 3.63) is 11.5 Å². The summed E-state index contributed by atoms with van der Waals surface area (Å²) in [4.78, 5) is 7.38. The molecule has 0 aliphatic carbocycles. The highest BCUT2D eigenvalue weighted by Gasteiger charge is 2.18. The second-order valence-electron chi connectivity index (χ2n) is 3.54. The second-order valence-corrected chi connectivity index (χ2v) is 3.88. The fourth-order valence-electron chi connectivity index (χ4n) is 0.806. The number of hydrogen-bond donors (Lipinski definition) is 3. The quantitative estimate of drug-likeness (QED) is 0.659. The maximum Gasteiger partial charge on any atom is 0.224 e. The Bertz CT molecular complexity index is 330. The Morgan fingerprint density at radius 2 is 2.21 bits per heavy atom. The lowest BCUT2D eigenvalue weighted by Gasteiger charge is -2.24. The zero-order valence-corrected chi connectivity index (χ0v) is 8.71. The van der Waals surface area contributed by atoms with Gasteiger partial charge in [-0.3, -0.25) is 0 Å². The van der Waals surface area contributed by atoms with Crippen LogP contribution in [0.4, 0.5) is 5.82 Å². The van der Waals surface area contributed by atoms with E-state index >= 15 is 0 Å². The molecular formula is C8H12ClN3O2. The van der Waals surface area contributed by atoms with Crippen LogP contribution in [0.3, 0.4) is 0 Å². The first-order valence-electron chi connectivity index (χ1n) is 4.05. The van der Waals surface area contributed by atoms with E-state index in [9.17, 15) is 5.11 Å². The molecule has 5 nitrogen and oxygen atoms in total.